The predicted molar refractivity (Wildman–Crippen MR) is 84.4 cm³/mol. The second-order valence-corrected chi connectivity index (χ2v) is 6.87. The van der Waals surface area contributed by atoms with Crippen molar-refractivity contribution in [1.29, 1.82) is 0 Å². The van der Waals surface area contributed by atoms with Crippen molar-refractivity contribution in [2.45, 2.75) is 52.9 Å². The molecule has 124 valence electrons. The number of carbonyl (C=O) groups excluding carboxylic acids is 2. The van der Waals surface area contributed by atoms with Crippen molar-refractivity contribution in [2.24, 2.45) is 17.3 Å². The molecule has 0 N–H and O–H groups in total. The highest BCUT2D eigenvalue weighted by Crippen LogP contribution is 2.53. The highest BCUT2D eigenvalue weighted by atomic mass is 16.5. The Balaban J connectivity index is 2.42. The first kappa shape index (κ1) is 17.2. The van der Waals surface area contributed by atoms with Crippen molar-refractivity contribution in [3.05, 3.63) is 11.1 Å². The van der Waals surface area contributed by atoms with Crippen LogP contribution in [0.15, 0.2) is 11.1 Å². The molecule has 0 spiro atoms. The predicted octanol–water partition coefficient (Wildman–Crippen LogP) is 3.30. The minimum atomic E-state index is -0.532. The monoisotopic (exact) mass is 308 g/mol. The van der Waals surface area contributed by atoms with Gasteiger partial charge in [-0.15, -0.1) is 0 Å². The van der Waals surface area contributed by atoms with Crippen molar-refractivity contribution in [3.8, 4) is 0 Å². The van der Waals surface area contributed by atoms with E-state index in [-0.39, 0.29) is 23.6 Å². The van der Waals surface area contributed by atoms with Gasteiger partial charge < -0.3 is 9.47 Å². The minimum absolute atomic E-state index is 0.121. The van der Waals surface area contributed by atoms with Gasteiger partial charge in [0.1, 0.15) is 5.78 Å². The lowest BCUT2D eigenvalue weighted by atomic mass is 9.59. The average Bonchev–Trinajstić information content (AvgIpc) is 2.55. The quantitative estimate of drug-likeness (QED) is 0.590. The summed E-state index contributed by atoms with van der Waals surface area (Å²) in [4.78, 5) is 24.8. The maximum atomic E-state index is 12.7. The topological polar surface area (TPSA) is 52.6 Å². The summed E-state index contributed by atoms with van der Waals surface area (Å²) < 4.78 is 10.7. The van der Waals surface area contributed by atoms with E-state index in [1.54, 1.807) is 7.11 Å². The van der Waals surface area contributed by atoms with Gasteiger partial charge in [0.05, 0.1) is 18.6 Å². The third-order valence-corrected chi connectivity index (χ3v) is 5.60. The molecule has 4 heteroatoms. The van der Waals surface area contributed by atoms with Gasteiger partial charge in [-0.3, -0.25) is 9.59 Å². The van der Waals surface area contributed by atoms with Crippen LogP contribution in [0.2, 0.25) is 0 Å². The van der Waals surface area contributed by atoms with Gasteiger partial charge in [-0.2, -0.15) is 0 Å². The Morgan fingerprint density at radius 3 is 2.73 bits per heavy atom. The zero-order valence-corrected chi connectivity index (χ0v) is 14.2. The standard InChI is InChI=1S/C18H28O4/c1-5-22-17(20)18-7-6-16(19)9-14(13(18)3)8-15(10-18)12(2)11-21-4/h13-14H,5-11H2,1-4H3/b15-12+/t13?,14-,18+/m0/s1. The van der Waals surface area contributed by atoms with Crippen LogP contribution in [0.25, 0.3) is 0 Å². The lowest BCUT2D eigenvalue weighted by molar-refractivity contribution is -0.162. The fourth-order valence-electron chi connectivity index (χ4n) is 4.16. The molecule has 0 aromatic heterocycles. The van der Waals surface area contributed by atoms with Crippen molar-refractivity contribution < 1.29 is 19.1 Å². The van der Waals surface area contributed by atoms with Gasteiger partial charge in [0, 0.05) is 20.0 Å². The van der Waals surface area contributed by atoms with Gasteiger partial charge in [0.15, 0.2) is 0 Å². The number of esters is 1. The summed E-state index contributed by atoms with van der Waals surface area (Å²) in [6.45, 7) is 7.02. The van der Waals surface area contributed by atoms with Crippen LogP contribution in [0.4, 0.5) is 0 Å². The summed E-state index contributed by atoms with van der Waals surface area (Å²) in [5.74, 6) is 0.602. The van der Waals surface area contributed by atoms with E-state index in [1.807, 2.05) is 6.92 Å². The SMILES string of the molecule is CCOC(=O)[C@]12CCC(=O)C[C@H](C/C(=C(/C)COC)C1)C2C. The second-order valence-electron chi connectivity index (χ2n) is 6.87. The first-order chi connectivity index (χ1) is 10.4. The van der Waals surface area contributed by atoms with E-state index >= 15 is 0 Å². The number of rotatable bonds is 4. The molecule has 0 amide bonds. The Morgan fingerprint density at radius 2 is 2.09 bits per heavy atom. The van der Waals surface area contributed by atoms with E-state index < -0.39 is 5.41 Å². The fraction of sp³-hybridized carbons (Fsp3) is 0.778. The van der Waals surface area contributed by atoms with Crippen molar-refractivity contribution in [2.75, 3.05) is 20.3 Å². The lowest BCUT2D eigenvalue weighted by Crippen LogP contribution is -2.44. The molecule has 2 fully saturated rings. The Labute approximate surface area is 133 Å². The van der Waals surface area contributed by atoms with E-state index in [2.05, 4.69) is 13.8 Å². The molecule has 2 saturated carbocycles. The summed E-state index contributed by atoms with van der Waals surface area (Å²) in [7, 11) is 1.69. The van der Waals surface area contributed by atoms with Crippen molar-refractivity contribution in [1.82, 2.24) is 0 Å². The Hall–Kier alpha value is -1.16. The van der Waals surface area contributed by atoms with E-state index in [1.165, 1.54) is 11.1 Å². The minimum Gasteiger partial charge on any atom is -0.466 e. The van der Waals surface area contributed by atoms with Crippen LogP contribution in [0, 0.1) is 17.3 Å². The zero-order valence-electron chi connectivity index (χ0n) is 14.2. The van der Waals surface area contributed by atoms with Gasteiger partial charge in [-0.1, -0.05) is 12.5 Å². The third-order valence-electron chi connectivity index (χ3n) is 5.60. The number of ether oxygens (including phenoxy) is 2. The van der Waals surface area contributed by atoms with Crippen LogP contribution in [0.3, 0.4) is 0 Å². The molecule has 0 saturated heterocycles. The van der Waals surface area contributed by atoms with Gasteiger partial charge in [0.25, 0.3) is 0 Å². The number of hydrogen-bond acceptors (Lipinski definition) is 4. The molecule has 0 aliphatic heterocycles. The molecule has 0 heterocycles. The number of hydrogen-bond donors (Lipinski definition) is 0. The smallest absolute Gasteiger partial charge is 0.312 e. The van der Waals surface area contributed by atoms with E-state index in [9.17, 15) is 9.59 Å². The Kier molecular flexibility index (Phi) is 5.43. The van der Waals surface area contributed by atoms with Gasteiger partial charge >= 0.3 is 5.97 Å². The molecule has 2 aliphatic rings. The van der Waals surface area contributed by atoms with Gasteiger partial charge in [-0.25, -0.2) is 0 Å². The number of allylic oxidation sites excluding steroid dienone is 1. The molecule has 2 bridgehead atoms. The molecule has 2 aliphatic carbocycles. The van der Waals surface area contributed by atoms with Crippen LogP contribution < -0.4 is 0 Å². The highest BCUT2D eigenvalue weighted by molar-refractivity contribution is 5.83. The van der Waals surface area contributed by atoms with Crippen LogP contribution in [-0.2, 0) is 19.1 Å². The number of fused-ring (bicyclic) bond motifs is 2. The molecule has 1 unspecified atom stereocenters. The maximum Gasteiger partial charge on any atom is 0.312 e. The van der Waals surface area contributed by atoms with E-state index in [0.29, 0.717) is 38.9 Å². The van der Waals surface area contributed by atoms with Crippen LogP contribution >= 0.6 is 0 Å². The van der Waals surface area contributed by atoms with Gasteiger partial charge in [0.2, 0.25) is 0 Å². The Bertz CT molecular complexity index is 479. The molecule has 2 rings (SSSR count). The lowest BCUT2D eigenvalue weighted by Gasteiger charge is -2.44. The molecule has 0 aromatic rings. The molecule has 4 nitrogen and oxygen atoms in total. The first-order valence-electron chi connectivity index (χ1n) is 8.30. The second kappa shape index (κ2) is 6.95. The van der Waals surface area contributed by atoms with E-state index in [4.69, 9.17) is 9.47 Å². The van der Waals surface area contributed by atoms with Crippen LogP contribution in [0.5, 0.6) is 0 Å². The summed E-state index contributed by atoms with van der Waals surface area (Å²) >= 11 is 0. The maximum absolute atomic E-state index is 12.7. The Morgan fingerprint density at radius 1 is 1.36 bits per heavy atom. The highest BCUT2D eigenvalue weighted by Gasteiger charge is 2.53. The van der Waals surface area contributed by atoms with Crippen LogP contribution in [-0.4, -0.2) is 32.1 Å². The van der Waals surface area contributed by atoms with Crippen molar-refractivity contribution in [3.63, 3.8) is 0 Å². The normalized spacial score (nSPS) is 34.1. The molecule has 0 radical (unpaired) electrons. The average molecular weight is 308 g/mol. The molecular weight excluding hydrogens is 280 g/mol. The third kappa shape index (κ3) is 3.12. The zero-order chi connectivity index (χ0) is 16.3. The first-order valence-corrected chi connectivity index (χ1v) is 8.30. The van der Waals surface area contributed by atoms with E-state index in [0.717, 1.165) is 6.42 Å². The summed E-state index contributed by atoms with van der Waals surface area (Å²) in [6, 6.07) is 0. The number of Topliss-reactive ketones (excluding diaryl/α,β-unsaturated/α-hetero) is 1. The van der Waals surface area contributed by atoms with Crippen molar-refractivity contribution >= 4 is 11.8 Å². The molecule has 3 atom stereocenters. The summed E-state index contributed by atoms with van der Waals surface area (Å²) in [5.41, 5.74) is 1.95. The number of ketones is 1. The largest absolute Gasteiger partial charge is 0.466 e. The summed E-state index contributed by atoms with van der Waals surface area (Å²) in [5, 5.41) is 0. The molecule has 22 heavy (non-hydrogen) atoms. The van der Waals surface area contributed by atoms with Gasteiger partial charge in [-0.05, 0) is 50.5 Å². The molecule has 0 aromatic carbocycles. The fourth-order valence-corrected chi connectivity index (χ4v) is 4.16. The number of carbonyl (C=O) groups is 2. The van der Waals surface area contributed by atoms with Crippen LogP contribution in [0.1, 0.15) is 52.9 Å². The summed E-state index contributed by atoms with van der Waals surface area (Å²) in [6.07, 6.45) is 3.32. The number of methoxy groups -OCH3 is 1. The molecular formula is C18H28O4.